The minimum Gasteiger partial charge on any atom is -0.376 e. The van der Waals surface area contributed by atoms with Gasteiger partial charge in [-0.05, 0) is 34.1 Å². The number of amides is 1. The van der Waals surface area contributed by atoms with Crippen molar-refractivity contribution in [2.24, 2.45) is 0 Å². The largest absolute Gasteiger partial charge is 0.408 e. The molecule has 2 rings (SSSR count). The molecule has 0 radical (unpaired) electrons. The van der Waals surface area contributed by atoms with Crippen LogP contribution in [0.1, 0.15) is 43.1 Å². The van der Waals surface area contributed by atoms with Crippen LogP contribution in [0.5, 0.6) is 0 Å². The predicted octanol–water partition coefficient (Wildman–Crippen LogP) is 2.46. The number of carbonyl (C=O) groups is 1. The second-order valence-corrected chi connectivity index (χ2v) is 6.06. The molecule has 1 aromatic heterocycles. The number of ether oxygens (including phenoxy) is 1. The summed E-state index contributed by atoms with van der Waals surface area (Å²) in [5.74, 6) is -0.783. The molecule has 130 valence electrons. The Hall–Kier alpha value is -1.57. The molecule has 8 heteroatoms. The van der Waals surface area contributed by atoms with E-state index < -0.39 is 18.6 Å². The summed E-state index contributed by atoms with van der Waals surface area (Å²) in [7, 11) is 0. The normalized spacial score (nSPS) is 23.1. The molecule has 5 nitrogen and oxygen atoms in total. The topological polar surface area (TPSA) is 56.2 Å². The van der Waals surface area contributed by atoms with E-state index in [4.69, 9.17) is 4.74 Å². The first-order valence-electron chi connectivity index (χ1n) is 7.62. The van der Waals surface area contributed by atoms with Gasteiger partial charge >= 0.3 is 6.18 Å². The van der Waals surface area contributed by atoms with Gasteiger partial charge in [-0.2, -0.15) is 18.3 Å². The van der Waals surface area contributed by atoms with E-state index in [0.717, 1.165) is 11.1 Å². The third kappa shape index (κ3) is 4.04. The van der Waals surface area contributed by atoms with Crippen molar-refractivity contribution < 1.29 is 22.7 Å². The number of nitrogens with zero attached hydrogens (tertiary/aromatic N) is 2. The number of hydrogen-bond donors (Lipinski definition) is 1. The maximum atomic E-state index is 12.6. The number of nitrogens with one attached hydrogen (secondary N) is 1. The smallest absolute Gasteiger partial charge is 0.376 e. The third-order valence-electron chi connectivity index (χ3n) is 4.30. The van der Waals surface area contributed by atoms with Crippen molar-refractivity contribution in [3.05, 3.63) is 17.0 Å². The summed E-state index contributed by atoms with van der Waals surface area (Å²) in [6.07, 6.45) is -3.66. The molecule has 1 aromatic rings. The predicted molar refractivity (Wildman–Crippen MR) is 78.1 cm³/mol. The summed E-state index contributed by atoms with van der Waals surface area (Å²) in [5, 5.41) is 6.85. The van der Waals surface area contributed by atoms with Gasteiger partial charge in [-0.15, -0.1) is 0 Å². The highest BCUT2D eigenvalue weighted by molar-refractivity contribution is 5.84. The van der Waals surface area contributed by atoms with E-state index >= 15 is 0 Å². The van der Waals surface area contributed by atoms with E-state index in [-0.39, 0.29) is 18.1 Å². The van der Waals surface area contributed by atoms with E-state index in [1.165, 1.54) is 0 Å². The summed E-state index contributed by atoms with van der Waals surface area (Å²) < 4.78 is 44.1. The maximum absolute atomic E-state index is 12.6. The fourth-order valence-corrected chi connectivity index (χ4v) is 3.02. The van der Waals surface area contributed by atoms with E-state index in [0.29, 0.717) is 23.6 Å². The van der Waals surface area contributed by atoms with Gasteiger partial charge in [0.25, 0.3) is 0 Å². The molecule has 0 unspecified atom stereocenters. The minimum atomic E-state index is -4.34. The van der Waals surface area contributed by atoms with Gasteiger partial charge in [0.1, 0.15) is 6.54 Å². The Kier molecular flexibility index (Phi) is 5.03. The lowest BCUT2D eigenvalue weighted by atomic mass is 9.97. The van der Waals surface area contributed by atoms with Crippen molar-refractivity contribution in [3.8, 4) is 0 Å². The fourth-order valence-electron chi connectivity index (χ4n) is 3.02. The van der Waals surface area contributed by atoms with Crippen LogP contribution in [0.4, 0.5) is 13.2 Å². The van der Waals surface area contributed by atoms with Gasteiger partial charge < -0.3 is 10.1 Å². The number of aryl methyl sites for hydroxylation is 1. The summed E-state index contributed by atoms with van der Waals surface area (Å²) in [6, 6.07) is -0.0595. The van der Waals surface area contributed by atoms with Crippen molar-refractivity contribution in [2.75, 3.05) is 6.61 Å². The molecule has 1 aliphatic heterocycles. The number of carbonyl (C=O) groups excluding carboxylic acids is 1. The molecule has 0 aliphatic carbocycles. The lowest BCUT2D eigenvalue weighted by molar-refractivity contribution is -0.143. The van der Waals surface area contributed by atoms with E-state index in [2.05, 4.69) is 10.4 Å². The molecule has 1 amide bonds. The lowest BCUT2D eigenvalue weighted by Gasteiger charge is -2.19. The molecule has 1 N–H and O–H groups in total. The number of aromatic nitrogens is 2. The SMILES string of the molecule is Cc1nn(CC(F)(F)F)c(C)c1[C@H](C)C(=O)N[C@H]1CCO[C@@H]1C. The van der Waals surface area contributed by atoms with Crippen molar-refractivity contribution in [1.29, 1.82) is 0 Å². The maximum Gasteiger partial charge on any atom is 0.408 e. The first kappa shape index (κ1) is 17.8. The molecular weight excluding hydrogens is 311 g/mol. The zero-order chi connectivity index (χ0) is 17.4. The van der Waals surface area contributed by atoms with Crippen LogP contribution < -0.4 is 5.32 Å². The van der Waals surface area contributed by atoms with Gasteiger partial charge in [0, 0.05) is 17.9 Å². The molecule has 1 aliphatic rings. The molecule has 2 heterocycles. The molecule has 1 saturated heterocycles. The highest BCUT2D eigenvalue weighted by Crippen LogP contribution is 2.27. The second-order valence-electron chi connectivity index (χ2n) is 6.06. The standard InChI is InChI=1S/C15H22F3N3O2/c1-8(14(22)19-12-5-6-23-11(12)4)13-9(2)20-21(10(13)3)7-15(16,17)18/h8,11-12H,5-7H2,1-4H3,(H,19,22)/t8-,11+,12-/m0/s1. The van der Waals surface area contributed by atoms with Crippen LogP contribution >= 0.6 is 0 Å². The van der Waals surface area contributed by atoms with E-state index in [9.17, 15) is 18.0 Å². The average molecular weight is 333 g/mol. The number of rotatable bonds is 4. The van der Waals surface area contributed by atoms with Crippen molar-refractivity contribution in [1.82, 2.24) is 15.1 Å². The zero-order valence-electron chi connectivity index (χ0n) is 13.7. The van der Waals surface area contributed by atoms with Crippen LogP contribution in [0.2, 0.25) is 0 Å². The zero-order valence-corrected chi connectivity index (χ0v) is 13.7. The van der Waals surface area contributed by atoms with Gasteiger partial charge in [0.05, 0.1) is 23.8 Å². The van der Waals surface area contributed by atoms with Crippen molar-refractivity contribution >= 4 is 5.91 Å². The lowest BCUT2D eigenvalue weighted by Crippen LogP contribution is -2.41. The van der Waals surface area contributed by atoms with Crippen LogP contribution in [0.15, 0.2) is 0 Å². The molecule has 23 heavy (non-hydrogen) atoms. The average Bonchev–Trinajstić information content (AvgIpc) is 2.92. The van der Waals surface area contributed by atoms with Gasteiger partial charge in [-0.1, -0.05) is 0 Å². The Labute approximate surface area is 133 Å². The van der Waals surface area contributed by atoms with Crippen LogP contribution in [0.25, 0.3) is 0 Å². The molecule has 0 aromatic carbocycles. The number of hydrogen-bond acceptors (Lipinski definition) is 3. The van der Waals surface area contributed by atoms with Gasteiger partial charge in [-0.25, -0.2) is 0 Å². The molecule has 0 bridgehead atoms. The Bertz CT molecular complexity index is 583. The number of alkyl halides is 3. The van der Waals surface area contributed by atoms with Crippen LogP contribution in [0, 0.1) is 13.8 Å². The summed E-state index contributed by atoms with van der Waals surface area (Å²) in [5.41, 5.74) is 1.38. The number of halogens is 3. The van der Waals surface area contributed by atoms with Crippen molar-refractivity contribution in [3.63, 3.8) is 0 Å². The Morgan fingerprint density at radius 2 is 2.13 bits per heavy atom. The van der Waals surface area contributed by atoms with Gasteiger partial charge in [-0.3, -0.25) is 9.48 Å². The van der Waals surface area contributed by atoms with Crippen LogP contribution in [0.3, 0.4) is 0 Å². The highest BCUT2D eigenvalue weighted by atomic mass is 19.4. The van der Waals surface area contributed by atoms with E-state index in [1.807, 2.05) is 6.92 Å². The molecule has 1 fully saturated rings. The Balaban J connectivity index is 2.15. The molecule has 3 atom stereocenters. The molecule has 0 spiro atoms. The highest BCUT2D eigenvalue weighted by Gasteiger charge is 2.33. The Morgan fingerprint density at radius 3 is 2.65 bits per heavy atom. The van der Waals surface area contributed by atoms with Crippen LogP contribution in [-0.2, 0) is 16.1 Å². The summed E-state index contributed by atoms with van der Waals surface area (Å²) in [4.78, 5) is 12.4. The van der Waals surface area contributed by atoms with Crippen molar-refractivity contribution in [2.45, 2.75) is 64.9 Å². The third-order valence-corrected chi connectivity index (χ3v) is 4.30. The summed E-state index contributed by atoms with van der Waals surface area (Å²) in [6.45, 7) is 6.21. The van der Waals surface area contributed by atoms with E-state index in [1.54, 1.807) is 20.8 Å². The quantitative estimate of drug-likeness (QED) is 0.921. The monoisotopic (exact) mass is 333 g/mol. The first-order valence-corrected chi connectivity index (χ1v) is 7.62. The Morgan fingerprint density at radius 1 is 1.48 bits per heavy atom. The van der Waals surface area contributed by atoms with Crippen LogP contribution in [-0.4, -0.2) is 40.6 Å². The second kappa shape index (κ2) is 6.51. The fraction of sp³-hybridized carbons (Fsp3) is 0.733. The first-order chi connectivity index (χ1) is 10.6. The molecular formula is C15H22F3N3O2. The van der Waals surface area contributed by atoms with Gasteiger partial charge in [0.2, 0.25) is 5.91 Å². The summed E-state index contributed by atoms with van der Waals surface area (Å²) >= 11 is 0. The van der Waals surface area contributed by atoms with Gasteiger partial charge in [0.15, 0.2) is 0 Å². The molecule has 0 saturated carbocycles. The minimum absolute atomic E-state index is 0.0544.